The number of nitrogens with zero attached hydrogens (tertiary/aromatic N) is 2. The lowest BCUT2D eigenvalue weighted by Gasteiger charge is -2.35. The molecule has 2 aromatic carbocycles. The van der Waals surface area contributed by atoms with Crippen LogP contribution in [0.5, 0.6) is 17.2 Å². The van der Waals surface area contributed by atoms with Gasteiger partial charge in [-0.1, -0.05) is 29.8 Å². The van der Waals surface area contributed by atoms with E-state index in [2.05, 4.69) is 0 Å². The highest BCUT2D eigenvalue weighted by Crippen LogP contribution is 2.30. The lowest BCUT2D eigenvalue weighted by atomic mass is 10.1. The van der Waals surface area contributed by atoms with Gasteiger partial charge in [-0.05, 0) is 30.7 Å². The van der Waals surface area contributed by atoms with Crippen molar-refractivity contribution < 1.29 is 23.8 Å². The smallest absolute Gasteiger partial charge is 0.261 e. The molecule has 8 heteroatoms. The molecule has 3 rings (SSSR count). The van der Waals surface area contributed by atoms with Crippen molar-refractivity contribution in [3.8, 4) is 17.2 Å². The zero-order valence-corrected chi connectivity index (χ0v) is 18.6. The first-order valence-electron chi connectivity index (χ1n) is 10.2. The second-order valence-corrected chi connectivity index (χ2v) is 7.50. The van der Waals surface area contributed by atoms with Gasteiger partial charge >= 0.3 is 0 Å². The number of methoxy groups -OCH3 is 2. The summed E-state index contributed by atoms with van der Waals surface area (Å²) in [5.41, 5.74) is 0.406. The van der Waals surface area contributed by atoms with Gasteiger partial charge in [0.15, 0.2) is 0 Å². The fraction of sp³-hybridized carbons (Fsp3) is 0.391. The van der Waals surface area contributed by atoms with Crippen LogP contribution in [-0.4, -0.2) is 68.6 Å². The highest BCUT2D eigenvalue weighted by atomic mass is 35.5. The third-order valence-corrected chi connectivity index (χ3v) is 5.50. The Morgan fingerprint density at radius 2 is 1.45 bits per heavy atom. The number of benzene rings is 2. The van der Waals surface area contributed by atoms with Crippen LogP contribution in [0.15, 0.2) is 42.5 Å². The number of halogens is 1. The Labute approximate surface area is 187 Å². The Hall–Kier alpha value is -2.93. The van der Waals surface area contributed by atoms with Gasteiger partial charge in [0.1, 0.15) is 22.8 Å². The van der Waals surface area contributed by atoms with Crippen molar-refractivity contribution in [2.75, 3.05) is 47.0 Å². The Bertz CT molecular complexity index is 890. The van der Waals surface area contributed by atoms with Crippen LogP contribution in [0.3, 0.4) is 0 Å². The summed E-state index contributed by atoms with van der Waals surface area (Å²) in [5.74, 6) is 1.47. The van der Waals surface area contributed by atoms with Crippen LogP contribution >= 0.6 is 11.6 Å². The molecule has 1 aliphatic rings. The molecule has 0 aliphatic carbocycles. The van der Waals surface area contributed by atoms with E-state index in [1.54, 1.807) is 40.1 Å². The standard InChI is InChI=1S/C23H27ClN2O5/c1-29-19-9-5-10-20(30-2)22(19)23(28)26-14-12-25(13-15-26)21(27)11-6-16-31-18-8-4-3-7-17(18)24/h3-5,7-10H,6,11-16H2,1-2H3. The molecule has 0 bridgehead atoms. The number of rotatable bonds is 8. The largest absolute Gasteiger partial charge is 0.496 e. The fourth-order valence-electron chi connectivity index (χ4n) is 3.50. The highest BCUT2D eigenvalue weighted by molar-refractivity contribution is 6.32. The van der Waals surface area contributed by atoms with Crippen molar-refractivity contribution in [2.24, 2.45) is 0 Å². The van der Waals surface area contributed by atoms with E-state index >= 15 is 0 Å². The van der Waals surface area contributed by atoms with E-state index in [0.717, 1.165) is 0 Å². The molecule has 1 fully saturated rings. The van der Waals surface area contributed by atoms with Gasteiger partial charge in [0.2, 0.25) is 5.91 Å². The molecule has 1 heterocycles. The van der Waals surface area contributed by atoms with Gasteiger partial charge in [-0.25, -0.2) is 0 Å². The molecule has 0 spiro atoms. The SMILES string of the molecule is COc1cccc(OC)c1C(=O)N1CCN(C(=O)CCCOc2ccccc2Cl)CC1. The number of carbonyl (C=O) groups excluding carboxylic acids is 2. The summed E-state index contributed by atoms with van der Waals surface area (Å²) >= 11 is 6.06. The van der Waals surface area contributed by atoms with Gasteiger partial charge < -0.3 is 24.0 Å². The van der Waals surface area contributed by atoms with Gasteiger partial charge in [0.05, 0.1) is 25.8 Å². The summed E-state index contributed by atoms with van der Waals surface area (Å²) in [6.07, 6.45) is 0.986. The Balaban J connectivity index is 1.47. The Kier molecular flexibility index (Phi) is 8.00. The molecule has 0 unspecified atom stereocenters. The monoisotopic (exact) mass is 446 g/mol. The van der Waals surface area contributed by atoms with E-state index in [9.17, 15) is 9.59 Å². The van der Waals surface area contributed by atoms with Crippen LogP contribution in [0.2, 0.25) is 5.02 Å². The van der Waals surface area contributed by atoms with Crippen LogP contribution in [0.1, 0.15) is 23.2 Å². The summed E-state index contributed by atoms with van der Waals surface area (Å²) in [6.45, 7) is 2.33. The average molecular weight is 447 g/mol. The maximum absolute atomic E-state index is 13.0. The molecule has 0 radical (unpaired) electrons. The number of amides is 2. The van der Waals surface area contributed by atoms with E-state index in [0.29, 0.717) is 73.5 Å². The normalized spacial score (nSPS) is 13.6. The first-order valence-corrected chi connectivity index (χ1v) is 10.6. The number of piperazine rings is 1. The number of ether oxygens (including phenoxy) is 3. The van der Waals surface area contributed by atoms with Crippen molar-refractivity contribution in [3.63, 3.8) is 0 Å². The molecule has 0 saturated carbocycles. The molecule has 2 aromatic rings. The third-order valence-electron chi connectivity index (χ3n) is 5.19. The van der Waals surface area contributed by atoms with Crippen molar-refractivity contribution in [1.29, 1.82) is 0 Å². The zero-order valence-electron chi connectivity index (χ0n) is 17.8. The maximum atomic E-state index is 13.0. The minimum absolute atomic E-state index is 0.0599. The molecular formula is C23H27ClN2O5. The summed E-state index contributed by atoms with van der Waals surface area (Å²) < 4.78 is 16.3. The Morgan fingerprint density at radius 1 is 0.871 bits per heavy atom. The van der Waals surface area contributed by atoms with E-state index < -0.39 is 0 Å². The minimum Gasteiger partial charge on any atom is -0.496 e. The summed E-state index contributed by atoms with van der Waals surface area (Å²) in [6, 6.07) is 12.5. The van der Waals surface area contributed by atoms with Crippen LogP contribution in [0, 0.1) is 0 Å². The van der Waals surface area contributed by atoms with Crippen LogP contribution in [0.4, 0.5) is 0 Å². The maximum Gasteiger partial charge on any atom is 0.261 e. The average Bonchev–Trinajstić information content (AvgIpc) is 2.81. The fourth-order valence-corrected chi connectivity index (χ4v) is 3.69. The van der Waals surface area contributed by atoms with Gasteiger partial charge in [-0.15, -0.1) is 0 Å². The molecule has 0 N–H and O–H groups in total. The van der Waals surface area contributed by atoms with E-state index in [1.807, 2.05) is 12.1 Å². The summed E-state index contributed by atoms with van der Waals surface area (Å²) in [5, 5.41) is 0.557. The summed E-state index contributed by atoms with van der Waals surface area (Å²) in [4.78, 5) is 29.1. The third kappa shape index (κ3) is 5.61. The molecule has 31 heavy (non-hydrogen) atoms. The van der Waals surface area contributed by atoms with Gasteiger partial charge in [-0.2, -0.15) is 0 Å². The molecular weight excluding hydrogens is 420 g/mol. The number of para-hydroxylation sites is 1. The molecule has 166 valence electrons. The number of hydrogen-bond donors (Lipinski definition) is 0. The van der Waals surface area contributed by atoms with Gasteiger partial charge in [0.25, 0.3) is 5.91 Å². The quantitative estimate of drug-likeness (QED) is 0.580. The van der Waals surface area contributed by atoms with E-state index in [1.165, 1.54) is 14.2 Å². The van der Waals surface area contributed by atoms with E-state index in [4.69, 9.17) is 25.8 Å². The molecule has 1 saturated heterocycles. The Morgan fingerprint density at radius 3 is 2.06 bits per heavy atom. The second kappa shape index (κ2) is 10.9. The predicted octanol–water partition coefficient (Wildman–Crippen LogP) is 3.50. The molecule has 7 nitrogen and oxygen atoms in total. The zero-order chi connectivity index (χ0) is 22.2. The number of hydrogen-bond acceptors (Lipinski definition) is 5. The number of carbonyl (C=O) groups is 2. The van der Waals surface area contributed by atoms with Crippen molar-refractivity contribution in [1.82, 2.24) is 9.80 Å². The van der Waals surface area contributed by atoms with Crippen LogP contribution < -0.4 is 14.2 Å². The van der Waals surface area contributed by atoms with Crippen LogP contribution in [-0.2, 0) is 4.79 Å². The molecule has 1 aliphatic heterocycles. The summed E-state index contributed by atoms with van der Waals surface area (Å²) in [7, 11) is 3.05. The lowest BCUT2D eigenvalue weighted by Crippen LogP contribution is -2.50. The first kappa shape index (κ1) is 22.7. The first-order chi connectivity index (χ1) is 15.0. The van der Waals surface area contributed by atoms with Crippen molar-refractivity contribution >= 4 is 23.4 Å². The molecule has 0 aromatic heterocycles. The minimum atomic E-state index is -0.158. The molecule has 0 atom stereocenters. The topological polar surface area (TPSA) is 68.3 Å². The molecule has 2 amide bonds. The van der Waals surface area contributed by atoms with Crippen LogP contribution in [0.25, 0.3) is 0 Å². The van der Waals surface area contributed by atoms with Gasteiger partial charge in [0, 0.05) is 32.6 Å². The van der Waals surface area contributed by atoms with Gasteiger partial charge in [-0.3, -0.25) is 9.59 Å². The van der Waals surface area contributed by atoms with E-state index in [-0.39, 0.29) is 11.8 Å². The van der Waals surface area contributed by atoms with Crippen molar-refractivity contribution in [2.45, 2.75) is 12.8 Å². The van der Waals surface area contributed by atoms with Crippen molar-refractivity contribution in [3.05, 3.63) is 53.1 Å². The lowest BCUT2D eigenvalue weighted by molar-refractivity contribution is -0.132. The predicted molar refractivity (Wildman–Crippen MR) is 118 cm³/mol. The second-order valence-electron chi connectivity index (χ2n) is 7.09. The highest BCUT2D eigenvalue weighted by Gasteiger charge is 2.28.